The van der Waals surface area contributed by atoms with Gasteiger partial charge in [-0.25, -0.2) is 8.42 Å². The van der Waals surface area contributed by atoms with Crippen LogP contribution in [0.15, 0.2) is 57.5 Å². The van der Waals surface area contributed by atoms with Crippen molar-refractivity contribution in [1.29, 1.82) is 0 Å². The Bertz CT molecular complexity index is 1300. The Kier molecular flexibility index (Phi) is 3.86. The van der Waals surface area contributed by atoms with Gasteiger partial charge in [-0.1, -0.05) is 19.1 Å². The van der Waals surface area contributed by atoms with Gasteiger partial charge in [-0.05, 0) is 41.3 Å². The van der Waals surface area contributed by atoms with Crippen molar-refractivity contribution in [3.63, 3.8) is 0 Å². The maximum absolute atomic E-state index is 12.2. The van der Waals surface area contributed by atoms with Crippen LogP contribution in [0.4, 0.5) is 0 Å². The first-order valence-electron chi connectivity index (χ1n) is 8.00. The molecule has 26 heavy (non-hydrogen) atoms. The van der Waals surface area contributed by atoms with Crippen molar-refractivity contribution in [2.45, 2.75) is 11.8 Å². The van der Waals surface area contributed by atoms with E-state index in [1.165, 1.54) is 17.4 Å². The van der Waals surface area contributed by atoms with Crippen LogP contribution in [0.3, 0.4) is 0 Å². The van der Waals surface area contributed by atoms with Gasteiger partial charge in [0.05, 0.1) is 10.6 Å². The van der Waals surface area contributed by atoms with Crippen LogP contribution >= 0.6 is 11.3 Å². The summed E-state index contributed by atoms with van der Waals surface area (Å²) in [5.41, 5.74) is 1.72. The van der Waals surface area contributed by atoms with Crippen LogP contribution < -0.4 is 5.56 Å². The summed E-state index contributed by atoms with van der Waals surface area (Å²) in [7, 11) is -3.29. The SMILES string of the molecule is CCS(=O)(=O)c1ccc(-c2c(O)ccc3[nH]c(=O)c4sccc4c23)cc1. The molecule has 0 spiro atoms. The number of aromatic nitrogens is 1. The Labute approximate surface area is 153 Å². The summed E-state index contributed by atoms with van der Waals surface area (Å²) in [5.74, 6) is 0.103. The lowest BCUT2D eigenvalue weighted by Crippen LogP contribution is -2.05. The molecular formula is C19H15NO4S2. The number of aromatic amines is 1. The second-order valence-corrected chi connectivity index (χ2v) is 9.12. The van der Waals surface area contributed by atoms with Gasteiger partial charge in [0.1, 0.15) is 10.4 Å². The number of phenols is 1. The molecule has 2 aromatic heterocycles. The Morgan fingerprint density at radius 2 is 1.81 bits per heavy atom. The van der Waals surface area contributed by atoms with E-state index in [9.17, 15) is 18.3 Å². The van der Waals surface area contributed by atoms with Crippen LogP contribution in [-0.2, 0) is 9.84 Å². The van der Waals surface area contributed by atoms with Crippen molar-refractivity contribution in [2.75, 3.05) is 5.75 Å². The van der Waals surface area contributed by atoms with Crippen molar-refractivity contribution in [2.24, 2.45) is 0 Å². The molecule has 4 rings (SSSR count). The van der Waals surface area contributed by atoms with Crippen LogP contribution in [0.1, 0.15) is 6.92 Å². The van der Waals surface area contributed by atoms with Crippen molar-refractivity contribution in [1.82, 2.24) is 4.98 Å². The Morgan fingerprint density at radius 1 is 1.08 bits per heavy atom. The van der Waals surface area contributed by atoms with Gasteiger partial charge < -0.3 is 10.1 Å². The number of thiophene rings is 1. The average molecular weight is 385 g/mol. The van der Waals surface area contributed by atoms with E-state index in [2.05, 4.69) is 4.98 Å². The summed E-state index contributed by atoms with van der Waals surface area (Å²) >= 11 is 1.34. The number of nitrogens with one attached hydrogen (secondary N) is 1. The maximum Gasteiger partial charge on any atom is 0.266 e. The average Bonchev–Trinajstić information content (AvgIpc) is 3.13. The lowest BCUT2D eigenvalue weighted by molar-refractivity contribution is 0.478. The number of benzene rings is 2. The molecule has 7 heteroatoms. The third kappa shape index (κ3) is 2.51. The maximum atomic E-state index is 12.2. The monoisotopic (exact) mass is 385 g/mol. The van der Waals surface area contributed by atoms with Crippen LogP contribution in [0, 0.1) is 0 Å². The molecule has 0 amide bonds. The van der Waals surface area contributed by atoms with Gasteiger partial charge in [-0.15, -0.1) is 11.3 Å². The first-order valence-corrected chi connectivity index (χ1v) is 10.5. The Balaban J connectivity index is 2.04. The Morgan fingerprint density at radius 3 is 2.50 bits per heavy atom. The number of rotatable bonds is 3. The van der Waals surface area contributed by atoms with Gasteiger partial charge >= 0.3 is 0 Å². The smallest absolute Gasteiger partial charge is 0.266 e. The number of hydrogen-bond donors (Lipinski definition) is 2. The molecule has 2 N–H and O–H groups in total. The molecule has 5 nitrogen and oxygen atoms in total. The van der Waals surface area contributed by atoms with Crippen LogP contribution in [-0.4, -0.2) is 24.3 Å². The lowest BCUT2D eigenvalue weighted by Gasteiger charge is -2.11. The van der Waals surface area contributed by atoms with Crippen molar-refractivity contribution in [3.05, 3.63) is 58.2 Å². The Hall–Kier alpha value is -2.64. The standard InChI is InChI=1S/C19H15NO4S2/c1-2-26(23,24)12-5-3-11(4-6-12)16-15(21)8-7-14-17(16)13-9-10-25-18(13)19(22)20-14/h3-10,21H,2H2,1H3,(H,20,22). The van der Waals surface area contributed by atoms with Gasteiger partial charge in [-0.3, -0.25) is 4.79 Å². The van der Waals surface area contributed by atoms with Crippen LogP contribution in [0.2, 0.25) is 0 Å². The van der Waals surface area contributed by atoms with E-state index < -0.39 is 9.84 Å². The van der Waals surface area contributed by atoms with Crippen LogP contribution in [0.25, 0.3) is 32.1 Å². The van der Waals surface area contributed by atoms with Gasteiger partial charge in [0.25, 0.3) is 5.56 Å². The minimum atomic E-state index is -3.29. The largest absolute Gasteiger partial charge is 0.507 e. The number of hydrogen-bond acceptors (Lipinski definition) is 5. The first-order chi connectivity index (χ1) is 12.4. The number of sulfone groups is 1. The summed E-state index contributed by atoms with van der Waals surface area (Å²) in [6, 6.07) is 11.5. The number of phenolic OH excluding ortho intramolecular Hbond substituents is 1. The fourth-order valence-corrected chi connectivity index (χ4v) is 4.80. The summed E-state index contributed by atoms with van der Waals surface area (Å²) < 4.78 is 24.6. The van der Waals surface area contributed by atoms with Gasteiger partial charge in [0.2, 0.25) is 0 Å². The predicted octanol–water partition coefficient (Wildman–Crippen LogP) is 3.91. The fraction of sp³-hybridized carbons (Fsp3) is 0.105. The molecule has 132 valence electrons. The third-order valence-electron chi connectivity index (χ3n) is 4.45. The molecule has 0 aliphatic carbocycles. The minimum Gasteiger partial charge on any atom is -0.507 e. The highest BCUT2D eigenvalue weighted by Crippen LogP contribution is 2.39. The van der Waals surface area contributed by atoms with E-state index in [0.717, 1.165) is 10.8 Å². The number of fused-ring (bicyclic) bond motifs is 3. The molecule has 0 aliphatic rings. The molecule has 0 fully saturated rings. The topological polar surface area (TPSA) is 87.2 Å². The van der Waals surface area contributed by atoms with E-state index in [4.69, 9.17) is 0 Å². The van der Waals surface area contributed by atoms with E-state index in [0.29, 0.717) is 21.3 Å². The molecule has 2 aromatic carbocycles. The van der Waals surface area contributed by atoms with Crippen LogP contribution in [0.5, 0.6) is 5.75 Å². The van der Waals surface area contributed by atoms with Gasteiger partial charge in [0.15, 0.2) is 9.84 Å². The van der Waals surface area contributed by atoms with Crippen molar-refractivity contribution >= 4 is 42.2 Å². The second-order valence-electron chi connectivity index (χ2n) is 5.93. The number of pyridine rings is 1. The van der Waals surface area contributed by atoms with E-state index in [-0.39, 0.29) is 22.0 Å². The van der Waals surface area contributed by atoms with Crippen molar-refractivity contribution in [3.8, 4) is 16.9 Å². The molecule has 2 heterocycles. The minimum absolute atomic E-state index is 0.0304. The highest BCUT2D eigenvalue weighted by Gasteiger charge is 2.17. The quantitative estimate of drug-likeness (QED) is 0.560. The number of H-pyrrole nitrogens is 1. The normalized spacial score (nSPS) is 12.0. The van der Waals surface area contributed by atoms with Gasteiger partial charge in [-0.2, -0.15) is 0 Å². The highest BCUT2D eigenvalue weighted by molar-refractivity contribution is 7.91. The molecule has 0 bridgehead atoms. The highest BCUT2D eigenvalue weighted by atomic mass is 32.2. The molecule has 4 aromatic rings. The fourth-order valence-electron chi connectivity index (χ4n) is 3.12. The van der Waals surface area contributed by atoms with E-state index >= 15 is 0 Å². The lowest BCUT2D eigenvalue weighted by atomic mass is 9.97. The summed E-state index contributed by atoms with van der Waals surface area (Å²) in [5, 5.41) is 13.8. The molecule has 0 radical (unpaired) electrons. The molecule has 0 saturated heterocycles. The zero-order valence-corrected chi connectivity index (χ0v) is 15.4. The summed E-state index contributed by atoms with van der Waals surface area (Å²) in [6.07, 6.45) is 0. The molecule has 0 atom stereocenters. The second kappa shape index (κ2) is 5.96. The van der Waals surface area contributed by atoms with E-state index in [1.807, 2.05) is 11.4 Å². The van der Waals surface area contributed by atoms with Crippen molar-refractivity contribution < 1.29 is 13.5 Å². The van der Waals surface area contributed by atoms with E-state index in [1.54, 1.807) is 37.3 Å². The number of aromatic hydroxyl groups is 1. The molecular weight excluding hydrogens is 370 g/mol. The molecule has 0 unspecified atom stereocenters. The summed E-state index contributed by atoms with van der Waals surface area (Å²) in [4.78, 5) is 15.3. The summed E-state index contributed by atoms with van der Waals surface area (Å²) in [6.45, 7) is 1.60. The third-order valence-corrected chi connectivity index (χ3v) is 7.12. The first kappa shape index (κ1) is 16.8. The zero-order chi connectivity index (χ0) is 18.5. The predicted molar refractivity (Wildman–Crippen MR) is 105 cm³/mol. The zero-order valence-electron chi connectivity index (χ0n) is 13.8. The van der Waals surface area contributed by atoms with Gasteiger partial charge in [0, 0.05) is 21.9 Å². The molecule has 0 saturated carbocycles. The molecule has 0 aliphatic heterocycles.